The summed E-state index contributed by atoms with van der Waals surface area (Å²) in [5, 5.41) is 2.03. The van der Waals surface area contributed by atoms with Gasteiger partial charge in [0.15, 0.2) is 0 Å². The molecule has 7 nitrogen and oxygen atoms in total. The molecular formula is C20H34N2O5. The van der Waals surface area contributed by atoms with Gasteiger partial charge in [-0.1, -0.05) is 34.1 Å². The van der Waals surface area contributed by atoms with Crippen molar-refractivity contribution in [1.29, 1.82) is 0 Å². The highest BCUT2D eigenvalue weighted by atomic mass is 16.5. The third-order valence-electron chi connectivity index (χ3n) is 4.01. The summed E-state index contributed by atoms with van der Waals surface area (Å²) < 4.78 is 5.79. The van der Waals surface area contributed by atoms with Crippen LogP contribution in [0, 0.1) is 11.3 Å². The Morgan fingerprint density at radius 1 is 1.11 bits per heavy atom. The molecular weight excluding hydrogens is 348 g/mol. The van der Waals surface area contributed by atoms with Gasteiger partial charge in [0.2, 0.25) is 5.91 Å². The van der Waals surface area contributed by atoms with E-state index in [0.717, 1.165) is 12.8 Å². The fourth-order valence-corrected chi connectivity index (χ4v) is 2.51. The lowest BCUT2D eigenvalue weighted by molar-refractivity contribution is -0.131. The molecule has 0 fully saturated rings. The quantitative estimate of drug-likeness (QED) is 0.562. The minimum atomic E-state index is -0.582. The first-order chi connectivity index (χ1) is 12.3. The lowest BCUT2D eigenvalue weighted by Gasteiger charge is -2.31. The summed E-state index contributed by atoms with van der Waals surface area (Å²) in [6.07, 6.45) is 5.03. The zero-order valence-corrected chi connectivity index (χ0v) is 17.4. The number of nitrogens with one attached hydrogen (secondary N) is 1. The van der Waals surface area contributed by atoms with E-state index in [1.165, 1.54) is 12.2 Å². The van der Waals surface area contributed by atoms with Gasteiger partial charge in [-0.2, -0.15) is 0 Å². The first-order valence-electron chi connectivity index (χ1n) is 9.26. The van der Waals surface area contributed by atoms with Gasteiger partial charge < -0.3 is 10.5 Å². The van der Waals surface area contributed by atoms with Crippen molar-refractivity contribution >= 4 is 23.5 Å². The molecule has 0 radical (unpaired) electrons. The van der Waals surface area contributed by atoms with Crippen LogP contribution in [-0.4, -0.2) is 35.7 Å². The lowest BCUT2D eigenvalue weighted by atomic mass is 9.83. The number of rotatable bonds is 10. The molecule has 0 aliphatic carbocycles. The van der Waals surface area contributed by atoms with Crippen molar-refractivity contribution in [3.63, 3.8) is 0 Å². The van der Waals surface area contributed by atoms with E-state index in [1.807, 2.05) is 39.9 Å². The summed E-state index contributed by atoms with van der Waals surface area (Å²) in [6, 6.07) is 0. The fourth-order valence-electron chi connectivity index (χ4n) is 2.51. The minimum absolute atomic E-state index is 0.109. The van der Waals surface area contributed by atoms with Gasteiger partial charge >= 0.3 is 0 Å². The van der Waals surface area contributed by atoms with Crippen molar-refractivity contribution in [1.82, 2.24) is 5.32 Å². The van der Waals surface area contributed by atoms with Gasteiger partial charge in [-0.3, -0.25) is 24.5 Å². The number of imide groups is 1. The number of hydrogen-bond acceptors (Lipinski definition) is 5. The van der Waals surface area contributed by atoms with E-state index in [1.54, 1.807) is 0 Å². The highest BCUT2D eigenvalue weighted by Gasteiger charge is 2.29. The summed E-state index contributed by atoms with van der Waals surface area (Å²) in [6.45, 7) is 12.2. The first kappa shape index (κ1) is 25.0. The molecule has 0 bridgehead atoms. The van der Waals surface area contributed by atoms with Crippen LogP contribution in [0.25, 0.3) is 0 Å². The van der Waals surface area contributed by atoms with Crippen LogP contribution in [0.1, 0.15) is 67.2 Å². The first-order valence-corrected chi connectivity index (χ1v) is 9.26. The molecule has 3 N–H and O–H groups in total. The van der Waals surface area contributed by atoms with Gasteiger partial charge in [-0.25, -0.2) is 0 Å². The van der Waals surface area contributed by atoms with Crippen LogP contribution in [0.2, 0.25) is 0 Å². The van der Waals surface area contributed by atoms with Crippen molar-refractivity contribution in [2.45, 2.75) is 72.8 Å². The fraction of sp³-hybridized carbons (Fsp3) is 0.700. The number of amides is 3. The summed E-state index contributed by atoms with van der Waals surface area (Å²) >= 11 is 0. The maximum absolute atomic E-state index is 12.1. The van der Waals surface area contributed by atoms with Crippen molar-refractivity contribution in [2.75, 3.05) is 6.61 Å². The summed E-state index contributed by atoms with van der Waals surface area (Å²) in [7, 11) is 0. The average molecular weight is 383 g/mol. The number of primary amides is 1. The standard InChI is InChI=1S/C16H31NO3.C4H3NO2/c1-7-8-12(2)13(18)9-15(3,4)11-20-16(5,6)10-14(17)19;6-3-1-2-4(7)5-3/h12H,7-11H2,1-6H3,(H2,17,19);1-2H,(H,5,6,7). The normalized spacial score (nSPS) is 15.0. The molecule has 3 amide bonds. The Morgan fingerprint density at radius 3 is 2.00 bits per heavy atom. The Balaban J connectivity index is 0.000000797. The summed E-state index contributed by atoms with van der Waals surface area (Å²) in [5.41, 5.74) is 4.39. The largest absolute Gasteiger partial charge is 0.374 e. The van der Waals surface area contributed by atoms with Crippen molar-refractivity contribution in [3.8, 4) is 0 Å². The Hall–Kier alpha value is -2.02. The predicted octanol–water partition coefficient (Wildman–Crippen LogP) is 2.28. The highest BCUT2D eigenvalue weighted by molar-refractivity contribution is 6.12. The molecule has 1 aliphatic heterocycles. The van der Waals surface area contributed by atoms with E-state index >= 15 is 0 Å². The number of ether oxygens (including phenoxy) is 1. The Labute approximate surface area is 162 Å². The van der Waals surface area contributed by atoms with Gasteiger partial charge in [0.25, 0.3) is 11.8 Å². The summed E-state index contributed by atoms with van der Waals surface area (Å²) in [4.78, 5) is 43.2. The minimum Gasteiger partial charge on any atom is -0.374 e. The summed E-state index contributed by atoms with van der Waals surface area (Å²) in [5.74, 6) is -0.637. The number of Topliss-reactive ketones (excluding diaryl/α,β-unsaturated/α-hetero) is 1. The molecule has 1 rings (SSSR count). The third kappa shape index (κ3) is 12.1. The monoisotopic (exact) mass is 382 g/mol. The van der Waals surface area contributed by atoms with Gasteiger partial charge in [0.05, 0.1) is 18.6 Å². The Bertz CT molecular complexity index is 563. The SMILES string of the molecule is CCCC(C)C(=O)CC(C)(C)COC(C)(C)CC(N)=O.O=C1C=CC(=O)N1. The molecule has 1 atom stereocenters. The van der Waals surface area contributed by atoms with Gasteiger partial charge in [0.1, 0.15) is 5.78 Å². The molecule has 0 aromatic rings. The molecule has 0 aromatic carbocycles. The Kier molecular flexibility index (Phi) is 10.1. The van der Waals surface area contributed by atoms with Crippen LogP contribution in [0.4, 0.5) is 0 Å². The molecule has 1 heterocycles. The third-order valence-corrected chi connectivity index (χ3v) is 4.01. The number of ketones is 1. The zero-order valence-electron chi connectivity index (χ0n) is 17.4. The molecule has 0 saturated carbocycles. The zero-order chi connectivity index (χ0) is 21.3. The molecule has 154 valence electrons. The molecule has 0 saturated heterocycles. The number of carbonyl (C=O) groups is 4. The van der Waals surface area contributed by atoms with Crippen molar-refractivity contribution in [2.24, 2.45) is 17.1 Å². The van der Waals surface area contributed by atoms with Crippen LogP contribution in [0.15, 0.2) is 12.2 Å². The van der Waals surface area contributed by atoms with E-state index in [0.29, 0.717) is 13.0 Å². The number of nitrogens with two attached hydrogens (primary N) is 1. The maximum Gasteiger partial charge on any atom is 0.250 e. The Morgan fingerprint density at radius 2 is 1.63 bits per heavy atom. The van der Waals surface area contributed by atoms with Crippen LogP contribution < -0.4 is 11.1 Å². The van der Waals surface area contributed by atoms with E-state index < -0.39 is 5.60 Å². The molecule has 0 aromatic heterocycles. The predicted molar refractivity (Wildman–Crippen MR) is 104 cm³/mol. The average Bonchev–Trinajstić information content (AvgIpc) is 2.88. The molecule has 1 unspecified atom stereocenters. The van der Waals surface area contributed by atoms with Gasteiger partial charge in [-0.05, 0) is 25.7 Å². The van der Waals surface area contributed by atoms with Gasteiger partial charge in [-0.15, -0.1) is 0 Å². The van der Waals surface area contributed by atoms with Gasteiger partial charge in [0, 0.05) is 24.5 Å². The van der Waals surface area contributed by atoms with Crippen molar-refractivity contribution < 1.29 is 23.9 Å². The molecule has 0 spiro atoms. The second-order valence-electron chi connectivity index (χ2n) is 8.38. The number of hydrogen-bond donors (Lipinski definition) is 2. The molecule has 27 heavy (non-hydrogen) atoms. The van der Waals surface area contributed by atoms with Crippen LogP contribution in [-0.2, 0) is 23.9 Å². The molecule has 7 heteroatoms. The second-order valence-corrected chi connectivity index (χ2v) is 8.38. The van der Waals surface area contributed by atoms with E-state index in [9.17, 15) is 19.2 Å². The second kappa shape index (κ2) is 11.0. The highest BCUT2D eigenvalue weighted by Crippen LogP contribution is 2.27. The van der Waals surface area contributed by atoms with Crippen LogP contribution in [0.3, 0.4) is 0 Å². The maximum atomic E-state index is 12.1. The molecule has 1 aliphatic rings. The van der Waals surface area contributed by atoms with E-state index in [-0.39, 0.29) is 41.3 Å². The number of carbonyl (C=O) groups excluding carboxylic acids is 4. The van der Waals surface area contributed by atoms with Crippen molar-refractivity contribution in [3.05, 3.63) is 12.2 Å². The smallest absolute Gasteiger partial charge is 0.250 e. The van der Waals surface area contributed by atoms with E-state index in [4.69, 9.17) is 10.5 Å². The lowest BCUT2D eigenvalue weighted by Crippen LogP contribution is -2.36. The van der Waals surface area contributed by atoms with Crippen LogP contribution >= 0.6 is 0 Å². The van der Waals surface area contributed by atoms with Crippen LogP contribution in [0.5, 0.6) is 0 Å². The topological polar surface area (TPSA) is 116 Å². The van der Waals surface area contributed by atoms with E-state index in [2.05, 4.69) is 6.92 Å².